The summed E-state index contributed by atoms with van der Waals surface area (Å²) in [6, 6.07) is 13.4. The van der Waals surface area contributed by atoms with Gasteiger partial charge in [0.1, 0.15) is 5.75 Å². The first-order valence-corrected chi connectivity index (χ1v) is 8.82. The van der Waals surface area contributed by atoms with Crippen molar-refractivity contribution >= 4 is 11.9 Å². The summed E-state index contributed by atoms with van der Waals surface area (Å²) in [7, 11) is 1.57. The van der Waals surface area contributed by atoms with E-state index >= 15 is 0 Å². The van der Waals surface area contributed by atoms with E-state index in [4.69, 9.17) is 0 Å². The smallest absolute Gasteiger partial charge is 0.405 e. The van der Waals surface area contributed by atoms with Crippen LogP contribution in [-0.2, 0) is 17.9 Å². The Morgan fingerprint density at radius 2 is 1.69 bits per heavy atom. The van der Waals surface area contributed by atoms with Crippen molar-refractivity contribution in [2.45, 2.75) is 32.4 Å². The molecule has 0 aliphatic heterocycles. The first-order chi connectivity index (χ1) is 13.7. The molecule has 0 saturated carbocycles. The number of alkyl halides is 3. The molecule has 0 aliphatic carbocycles. The number of benzene rings is 2. The molecule has 2 N–H and O–H groups in total. The molecule has 1 atom stereocenters. The van der Waals surface area contributed by atoms with Crippen LogP contribution in [0.25, 0.3) is 0 Å². The molecule has 0 heterocycles. The molecule has 9 heteroatoms. The van der Waals surface area contributed by atoms with Crippen LogP contribution in [-0.4, -0.2) is 36.3 Å². The lowest BCUT2D eigenvalue weighted by Crippen LogP contribution is -2.48. The lowest BCUT2D eigenvalue weighted by atomic mass is 10.1. The number of nitrogens with zero attached hydrogens (tertiary/aromatic N) is 1. The third-order valence-electron chi connectivity index (χ3n) is 4.19. The van der Waals surface area contributed by atoms with Crippen molar-refractivity contribution in [3.63, 3.8) is 0 Å². The maximum atomic E-state index is 12.5. The maximum Gasteiger partial charge on any atom is 0.573 e. The quantitative estimate of drug-likeness (QED) is 0.735. The Hall–Kier alpha value is -3.07. The van der Waals surface area contributed by atoms with Gasteiger partial charge in [-0.25, -0.2) is 4.79 Å². The molecule has 29 heavy (non-hydrogen) atoms. The van der Waals surface area contributed by atoms with Crippen LogP contribution >= 0.6 is 0 Å². The van der Waals surface area contributed by atoms with Crippen LogP contribution in [0.2, 0.25) is 0 Å². The van der Waals surface area contributed by atoms with Gasteiger partial charge in [0.05, 0.1) is 6.04 Å². The number of amides is 3. The number of imide groups is 1. The molecule has 0 bridgehead atoms. The standard InChI is InChI=1S/C20H22F3N3O3/c1-14(18(27)25-19(28)24-12-15-8-4-3-5-9-15)26(2)13-16-10-6-7-11-17(16)29-20(21,22)23/h3-11,14H,12-13H2,1-2H3,(H2,24,25,27,28). The maximum absolute atomic E-state index is 12.5. The normalized spacial score (nSPS) is 12.3. The van der Waals surface area contributed by atoms with E-state index < -0.39 is 24.3 Å². The van der Waals surface area contributed by atoms with Crippen LogP contribution in [0.1, 0.15) is 18.1 Å². The summed E-state index contributed by atoms with van der Waals surface area (Å²) in [5.74, 6) is -0.910. The molecule has 0 aliphatic rings. The molecule has 3 amide bonds. The number of halogens is 3. The fourth-order valence-corrected chi connectivity index (χ4v) is 2.50. The zero-order chi connectivity index (χ0) is 21.4. The number of ether oxygens (including phenoxy) is 1. The molecule has 0 aromatic heterocycles. The number of carbonyl (C=O) groups is 2. The number of rotatable bonds is 7. The van der Waals surface area contributed by atoms with Crippen molar-refractivity contribution in [3.8, 4) is 5.75 Å². The second-order valence-corrected chi connectivity index (χ2v) is 6.40. The largest absolute Gasteiger partial charge is 0.573 e. The van der Waals surface area contributed by atoms with Gasteiger partial charge in [0.25, 0.3) is 0 Å². The highest BCUT2D eigenvalue weighted by Gasteiger charge is 2.32. The van der Waals surface area contributed by atoms with Crippen LogP contribution in [0.5, 0.6) is 5.75 Å². The van der Waals surface area contributed by atoms with Gasteiger partial charge in [-0.05, 0) is 25.6 Å². The van der Waals surface area contributed by atoms with Crippen molar-refractivity contribution in [3.05, 3.63) is 65.7 Å². The van der Waals surface area contributed by atoms with E-state index in [2.05, 4.69) is 15.4 Å². The van der Waals surface area contributed by atoms with Crippen LogP contribution < -0.4 is 15.4 Å². The van der Waals surface area contributed by atoms with Gasteiger partial charge in [0.2, 0.25) is 5.91 Å². The van der Waals surface area contributed by atoms with Crippen molar-refractivity contribution in [2.24, 2.45) is 0 Å². The number of nitrogens with one attached hydrogen (secondary N) is 2. The zero-order valence-corrected chi connectivity index (χ0v) is 16.0. The third-order valence-corrected chi connectivity index (χ3v) is 4.19. The number of hydrogen-bond donors (Lipinski definition) is 2. The Kier molecular flexibility index (Phi) is 7.60. The second-order valence-electron chi connectivity index (χ2n) is 6.40. The second kappa shape index (κ2) is 9.92. The average Bonchev–Trinajstić information content (AvgIpc) is 2.67. The van der Waals surface area contributed by atoms with Gasteiger partial charge >= 0.3 is 12.4 Å². The van der Waals surface area contributed by atoms with E-state index in [0.717, 1.165) is 5.56 Å². The molecule has 2 rings (SSSR count). The lowest BCUT2D eigenvalue weighted by molar-refractivity contribution is -0.275. The van der Waals surface area contributed by atoms with Gasteiger partial charge in [-0.3, -0.25) is 15.0 Å². The Morgan fingerprint density at radius 1 is 1.07 bits per heavy atom. The van der Waals surface area contributed by atoms with Crippen LogP contribution in [0.15, 0.2) is 54.6 Å². The van der Waals surface area contributed by atoms with E-state index in [-0.39, 0.29) is 24.4 Å². The van der Waals surface area contributed by atoms with Gasteiger partial charge in [-0.15, -0.1) is 13.2 Å². The Bertz CT molecular complexity index is 828. The van der Waals surface area contributed by atoms with E-state index in [1.54, 1.807) is 20.0 Å². The number of likely N-dealkylation sites (N-methyl/N-ethyl adjacent to an activating group) is 1. The molecule has 0 radical (unpaired) electrons. The van der Waals surface area contributed by atoms with Crippen molar-refractivity contribution in [1.82, 2.24) is 15.5 Å². The SMILES string of the molecule is CC(C(=O)NC(=O)NCc1ccccc1)N(C)Cc1ccccc1OC(F)(F)F. The number of carbonyl (C=O) groups excluding carboxylic acids is 2. The fraction of sp³-hybridized carbons (Fsp3) is 0.300. The molecule has 2 aromatic rings. The van der Waals surface area contributed by atoms with Gasteiger partial charge in [0.15, 0.2) is 0 Å². The Morgan fingerprint density at radius 3 is 2.34 bits per heavy atom. The molecule has 0 fully saturated rings. The van der Waals surface area contributed by atoms with E-state index in [1.165, 1.54) is 23.1 Å². The van der Waals surface area contributed by atoms with Gasteiger partial charge < -0.3 is 10.1 Å². The molecular weight excluding hydrogens is 387 g/mol. The minimum atomic E-state index is -4.81. The topological polar surface area (TPSA) is 70.7 Å². The summed E-state index contributed by atoms with van der Waals surface area (Å²) < 4.78 is 41.6. The molecule has 0 saturated heterocycles. The monoisotopic (exact) mass is 409 g/mol. The van der Waals surface area contributed by atoms with E-state index in [1.807, 2.05) is 30.3 Å². The first-order valence-electron chi connectivity index (χ1n) is 8.82. The average molecular weight is 409 g/mol. The Labute approximate surface area is 166 Å². The van der Waals surface area contributed by atoms with Gasteiger partial charge in [0, 0.05) is 18.7 Å². The summed E-state index contributed by atoms with van der Waals surface area (Å²) in [5.41, 5.74) is 1.14. The first kappa shape index (κ1) is 22.2. The summed E-state index contributed by atoms with van der Waals surface area (Å²) in [5, 5.41) is 4.80. The summed E-state index contributed by atoms with van der Waals surface area (Å²) in [6.45, 7) is 1.83. The van der Waals surface area contributed by atoms with E-state index in [0.29, 0.717) is 0 Å². The van der Waals surface area contributed by atoms with Crippen LogP contribution in [0, 0.1) is 0 Å². The molecule has 0 spiro atoms. The Balaban J connectivity index is 1.90. The van der Waals surface area contributed by atoms with Crippen molar-refractivity contribution < 1.29 is 27.5 Å². The van der Waals surface area contributed by atoms with Gasteiger partial charge in [-0.2, -0.15) is 0 Å². The van der Waals surface area contributed by atoms with Crippen LogP contribution in [0.4, 0.5) is 18.0 Å². The lowest BCUT2D eigenvalue weighted by Gasteiger charge is -2.24. The summed E-state index contributed by atoms with van der Waals surface area (Å²) in [4.78, 5) is 25.7. The third kappa shape index (κ3) is 7.46. The highest BCUT2D eigenvalue weighted by Crippen LogP contribution is 2.27. The zero-order valence-electron chi connectivity index (χ0n) is 16.0. The summed E-state index contributed by atoms with van der Waals surface area (Å²) >= 11 is 0. The fourth-order valence-electron chi connectivity index (χ4n) is 2.50. The molecule has 156 valence electrons. The predicted octanol–water partition coefficient (Wildman–Crippen LogP) is 3.43. The number of urea groups is 1. The minimum Gasteiger partial charge on any atom is -0.405 e. The molecule has 6 nitrogen and oxygen atoms in total. The van der Waals surface area contributed by atoms with Crippen molar-refractivity contribution in [2.75, 3.05) is 7.05 Å². The number of para-hydroxylation sites is 1. The number of hydrogen-bond acceptors (Lipinski definition) is 4. The highest BCUT2D eigenvalue weighted by atomic mass is 19.4. The predicted molar refractivity (Wildman–Crippen MR) is 101 cm³/mol. The summed E-state index contributed by atoms with van der Waals surface area (Å²) in [6.07, 6.45) is -4.81. The highest BCUT2D eigenvalue weighted by molar-refractivity contribution is 5.96. The molecule has 1 unspecified atom stereocenters. The van der Waals surface area contributed by atoms with Crippen LogP contribution in [0.3, 0.4) is 0 Å². The van der Waals surface area contributed by atoms with E-state index in [9.17, 15) is 22.8 Å². The van der Waals surface area contributed by atoms with Crippen molar-refractivity contribution in [1.29, 1.82) is 0 Å². The van der Waals surface area contributed by atoms with Gasteiger partial charge in [-0.1, -0.05) is 48.5 Å². The molecule has 2 aromatic carbocycles. The minimum absolute atomic E-state index is 0.0203. The molecular formula is C20H22F3N3O3.